The number of fused-ring (bicyclic) bond motifs is 1. The number of hydrogen-bond donors (Lipinski definition) is 1. The van der Waals surface area contributed by atoms with Crippen LogP contribution in [0.15, 0.2) is 47.6 Å². The number of azide groups is 1. The molecule has 0 atom stereocenters. The Balaban J connectivity index is 2.09. The number of nitrogens with zero attached hydrogens (tertiary/aromatic N) is 4. The lowest BCUT2D eigenvalue weighted by Crippen LogP contribution is -1.84. The minimum atomic E-state index is 0.556. The highest BCUT2D eigenvalue weighted by molar-refractivity contribution is 5.82. The minimum absolute atomic E-state index is 0.556. The van der Waals surface area contributed by atoms with Gasteiger partial charge in [-0.15, -0.1) is 0 Å². The highest BCUT2D eigenvalue weighted by atomic mass is 16.5. The van der Waals surface area contributed by atoms with Gasteiger partial charge in [-0.2, -0.15) is 0 Å². The first kappa shape index (κ1) is 12.1. The normalized spacial score (nSPS) is 10.2. The first-order valence-corrected chi connectivity index (χ1v) is 5.99. The van der Waals surface area contributed by atoms with Gasteiger partial charge in [0, 0.05) is 16.2 Å². The molecule has 1 heterocycles. The Labute approximate surface area is 114 Å². The van der Waals surface area contributed by atoms with Crippen LogP contribution < -0.4 is 4.74 Å². The minimum Gasteiger partial charge on any atom is -0.497 e. The molecule has 0 aliphatic rings. The Morgan fingerprint density at radius 1 is 1.25 bits per heavy atom. The molecule has 0 bridgehead atoms. The molecule has 0 saturated heterocycles. The van der Waals surface area contributed by atoms with Crippen molar-refractivity contribution < 1.29 is 4.74 Å². The van der Waals surface area contributed by atoms with Crippen LogP contribution in [0.1, 0.15) is 0 Å². The smallest absolute Gasteiger partial charge is 0.138 e. The summed E-state index contributed by atoms with van der Waals surface area (Å²) < 4.78 is 5.20. The Morgan fingerprint density at radius 3 is 2.95 bits per heavy atom. The van der Waals surface area contributed by atoms with E-state index in [1.54, 1.807) is 19.2 Å². The number of nitrogens with one attached hydrogen (secondary N) is 1. The third kappa shape index (κ3) is 2.15. The second kappa shape index (κ2) is 4.95. The summed E-state index contributed by atoms with van der Waals surface area (Å²) in [6, 6.07) is 13.0. The van der Waals surface area contributed by atoms with E-state index in [1.165, 1.54) is 0 Å². The molecular weight excluding hydrogens is 254 g/mol. The van der Waals surface area contributed by atoms with Crippen LogP contribution in [0.5, 0.6) is 5.75 Å². The van der Waals surface area contributed by atoms with E-state index in [0.29, 0.717) is 5.69 Å². The number of hydrogen-bond acceptors (Lipinski definition) is 3. The Hall–Kier alpha value is -2.98. The molecule has 0 aliphatic carbocycles. The Bertz CT molecular complexity index is 817. The molecule has 0 radical (unpaired) electrons. The second-order valence-corrected chi connectivity index (χ2v) is 4.21. The zero-order valence-electron chi connectivity index (χ0n) is 10.7. The number of aromatic nitrogens is 2. The molecule has 20 heavy (non-hydrogen) atoms. The molecule has 98 valence electrons. The van der Waals surface area contributed by atoms with E-state index in [2.05, 4.69) is 20.0 Å². The van der Waals surface area contributed by atoms with Crippen LogP contribution in [0, 0.1) is 0 Å². The predicted molar refractivity (Wildman–Crippen MR) is 76.9 cm³/mol. The standard InChI is InChI=1S/C14H11N5O/c1-20-11-4-2-3-9(7-11)14-16-12-6-5-10(18-19-15)8-13(12)17-14/h2-8H,1H3,(H,16,17). The molecule has 0 aliphatic heterocycles. The third-order valence-electron chi connectivity index (χ3n) is 2.97. The summed E-state index contributed by atoms with van der Waals surface area (Å²) in [5.74, 6) is 1.52. The lowest BCUT2D eigenvalue weighted by Gasteiger charge is -2.01. The lowest BCUT2D eigenvalue weighted by atomic mass is 10.2. The van der Waals surface area contributed by atoms with E-state index < -0.39 is 0 Å². The molecule has 0 saturated carbocycles. The molecule has 3 rings (SSSR count). The average Bonchev–Trinajstić information content (AvgIpc) is 2.91. The fourth-order valence-electron chi connectivity index (χ4n) is 2.02. The first-order chi connectivity index (χ1) is 9.80. The van der Waals surface area contributed by atoms with Crippen LogP contribution in [0.4, 0.5) is 5.69 Å². The molecule has 2 aromatic carbocycles. The van der Waals surface area contributed by atoms with Gasteiger partial charge in [0.1, 0.15) is 11.6 Å². The lowest BCUT2D eigenvalue weighted by molar-refractivity contribution is 0.415. The van der Waals surface area contributed by atoms with Crippen molar-refractivity contribution in [2.75, 3.05) is 7.11 Å². The van der Waals surface area contributed by atoms with Gasteiger partial charge in [0.15, 0.2) is 0 Å². The maximum absolute atomic E-state index is 8.45. The van der Waals surface area contributed by atoms with Crippen molar-refractivity contribution in [1.82, 2.24) is 9.97 Å². The van der Waals surface area contributed by atoms with Gasteiger partial charge in [-0.05, 0) is 29.8 Å². The van der Waals surface area contributed by atoms with E-state index in [1.807, 2.05) is 30.3 Å². The molecular formula is C14H11N5O. The summed E-state index contributed by atoms with van der Waals surface area (Å²) in [7, 11) is 1.63. The third-order valence-corrected chi connectivity index (χ3v) is 2.97. The van der Waals surface area contributed by atoms with Crippen molar-refractivity contribution >= 4 is 16.7 Å². The summed E-state index contributed by atoms with van der Waals surface area (Å²) >= 11 is 0. The molecule has 1 N–H and O–H groups in total. The predicted octanol–water partition coefficient (Wildman–Crippen LogP) is 4.18. The quantitative estimate of drug-likeness (QED) is 0.437. The highest BCUT2D eigenvalue weighted by Crippen LogP contribution is 2.26. The van der Waals surface area contributed by atoms with Crippen molar-refractivity contribution in [3.8, 4) is 17.1 Å². The number of ether oxygens (including phenoxy) is 1. The van der Waals surface area contributed by atoms with Gasteiger partial charge in [0.25, 0.3) is 0 Å². The number of imidazole rings is 1. The van der Waals surface area contributed by atoms with Crippen LogP contribution >= 0.6 is 0 Å². The number of methoxy groups -OCH3 is 1. The zero-order chi connectivity index (χ0) is 13.9. The van der Waals surface area contributed by atoms with Gasteiger partial charge < -0.3 is 9.72 Å². The van der Waals surface area contributed by atoms with Crippen molar-refractivity contribution in [1.29, 1.82) is 0 Å². The molecule has 0 spiro atoms. The van der Waals surface area contributed by atoms with Gasteiger partial charge in [-0.25, -0.2) is 4.98 Å². The molecule has 1 aromatic heterocycles. The second-order valence-electron chi connectivity index (χ2n) is 4.21. The molecule has 0 unspecified atom stereocenters. The molecule has 0 amide bonds. The summed E-state index contributed by atoms with van der Waals surface area (Å²) in [4.78, 5) is 10.5. The van der Waals surface area contributed by atoms with E-state index in [9.17, 15) is 0 Å². The van der Waals surface area contributed by atoms with Crippen LogP contribution in [0.25, 0.3) is 32.9 Å². The SMILES string of the molecule is COc1cccc(-c2nc3ccc(N=[N+]=[N-])cc3[nH]2)c1. The molecule has 0 fully saturated rings. The van der Waals surface area contributed by atoms with Gasteiger partial charge in [0.05, 0.1) is 18.1 Å². The largest absolute Gasteiger partial charge is 0.497 e. The van der Waals surface area contributed by atoms with E-state index >= 15 is 0 Å². The highest BCUT2D eigenvalue weighted by Gasteiger charge is 2.06. The zero-order valence-corrected chi connectivity index (χ0v) is 10.7. The van der Waals surface area contributed by atoms with Gasteiger partial charge in [0.2, 0.25) is 0 Å². The van der Waals surface area contributed by atoms with Gasteiger partial charge >= 0.3 is 0 Å². The molecule has 3 aromatic rings. The fourth-order valence-corrected chi connectivity index (χ4v) is 2.02. The molecule has 6 nitrogen and oxygen atoms in total. The van der Waals surface area contributed by atoms with Crippen LogP contribution in [-0.4, -0.2) is 17.1 Å². The van der Waals surface area contributed by atoms with Crippen molar-refractivity contribution in [2.45, 2.75) is 0 Å². The van der Waals surface area contributed by atoms with Crippen LogP contribution in [0.2, 0.25) is 0 Å². The first-order valence-electron chi connectivity index (χ1n) is 5.99. The van der Waals surface area contributed by atoms with Gasteiger partial charge in [-0.1, -0.05) is 23.3 Å². The summed E-state index contributed by atoms with van der Waals surface area (Å²) in [5, 5.41) is 3.58. The van der Waals surface area contributed by atoms with Gasteiger partial charge in [-0.3, -0.25) is 0 Å². The summed E-state index contributed by atoms with van der Waals surface area (Å²) in [5.41, 5.74) is 11.6. The van der Waals surface area contributed by atoms with Crippen LogP contribution in [0.3, 0.4) is 0 Å². The van der Waals surface area contributed by atoms with E-state index in [-0.39, 0.29) is 0 Å². The number of rotatable bonds is 3. The topological polar surface area (TPSA) is 86.7 Å². The summed E-state index contributed by atoms with van der Waals surface area (Å²) in [6.07, 6.45) is 0. The number of benzene rings is 2. The fraction of sp³-hybridized carbons (Fsp3) is 0.0714. The van der Waals surface area contributed by atoms with Crippen molar-refractivity contribution in [2.24, 2.45) is 5.11 Å². The average molecular weight is 265 g/mol. The molecule has 6 heteroatoms. The van der Waals surface area contributed by atoms with Crippen molar-refractivity contribution in [3.05, 3.63) is 52.9 Å². The van der Waals surface area contributed by atoms with Crippen molar-refractivity contribution in [3.63, 3.8) is 0 Å². The number of aromatic amines is 1. The monoisotopic (exact) mass is 265 g/mol. The van der Waals surface area contributed by atoms with E-state index in [4.69, 9.17) is 10.3 Å². The Morgan fingerprint density at radius 2 is 2.15 bits per heavy atom. The number of H-pyrrole nitrogens is 1. The van der Waals surface area contributed by atoms with Crippen LogP contribution in [-0.2, 0) is 0 Å². The summed E-state index contributed by atoms with van der Waals surface area (Å²) in [6.45, 7) is 0. The van der Waals surface area contributed by atoms with E-state index in [0.717, 1.165) is 28.2 Å². The maximum atomic E-state index is 8.45. The maximum Gasteiger partial charge on any atom is 0.138 e. The Kier molecular flexibility index (Phi) is 2.99.